The number of halogens is 2. The molecule has 0 aliphatic carbocycles. The standard InChI is InChI=1S/C15H16Cl2N2O3/c1-19-6-2-3-12(19)13(20)8-18-15(21)9-22-14-5-4-10(16)7-11(14)17/h2-7,13,20H,8-9H2,1H3,(H,18,21)/t13-/m0/s1. The molecule has 1 aromatic heterocycles. The van der Waals surface area contributed by atoms with Crippen molar-refractivity contribution in [3.8, 4) is 5.75 Å². The lowest BCUT2D eigenvalue weighted by atomic mass is 10.2. The molecule has 0 spiro atoms. The monoisotopic (exact) mass is 342 g/mol. The Morgan fingerprint density at radius 1 is 1.41 bits per heavy atom. The van der Waals surface area contributed by atoms with Crippen LogP contribution < -0.4 is 10.1 Å². The van der Waals surface area contributed by atoms with Gasteiger partial charge in [0.05, 0.1) is 5.02 Å². The summed E-state index contributed by atoms with van der Waals surface area (Å²) in [5.41, 5.74) is 0.724. The highest BCUT2D eigenvalue weighted by Gasteiger charge is 2.12. The molecule has 0 saturated heterocycles. The number of carbonyl (C=O) groups is 1. The van der Waals surface area contributed by atoms with Crippen LogP contribution in [0.2, 0.25) is 10.0 Å². The zero-order chi connectivity index (χ0) is 16.1. The number of nitrogens with one attached hydrogen (secondary N) is 1. The van der Waals surface area contributed by atoms with Gasteiger partial charge in [-0.25, -0.2) is 0 Å². The van der Waals surface area contributed by atoms with Gasteiger partial charge in [-0.1, -0.05) is 23.2 Å². The summed E-state index contributed by atoms with van der Waals surface area (Å²) in [7, 11) is 1.83. The van der Waals surface area contributed by atoms with E-state index < -0.39 is 6.10 Å². The van der Waals surface area contributed by atoms with Crippen molar-refractivity contribution in [2.45, 2.75) is 6.10 Å². The van der Waals surface area contributed by atoms with Crippen molar-refractivity contribution < 1.29 is 14.6 Å². The van der Waals surface area contributed by atoms with Gasteiger partial charge >= 0.3 is 0 Å². The number of aliphatic hydroxyl groups excluding tert-OH is 1. The Labute approximate surface area is 138 Å². The Hall–Kier alpha value is -1.69. The maximum Gasteiger partial charge on any atom is 0.258 e. The third kappa shape index (κ3) is 4.40. The van der Waals surface area contributed by atoms with Crippen LogP contribution in [0.1, 0.15) is 11.8 Å². The molecule has 22 heavy (non-hydrogen) atoms. The number of amides is 1. The molecule has 0 aliphatic rings. The zero-order valence-electron chi connectivity index (χ0n) is 11.9. The SMILES string of the molecule is Cn1cccc1[C@@H](O)CNC(=O)COc1ccc(Cl)cc1Cl. The molecule has 2 rings (SSSR count). The Morgan fingerprint density at radius 2 is 2.18 bits per heavy atom. The fourth-order valence-electron chi connectivity index (χ4n) is 1.92. The normalized spacial score (nSPS) is 12.0. The van der Waals surface area contributed by atoms with Gasteiger partial charge in [-0.3, -0.25) is 4.79 Å². The van der Waals surface area contributed by atoms with Crippen LogP contribution in [0.4, 0.5) is 0 Å². The fourth-order valence-corrected chi connectivity index (χ4v) is 2.39. The van der Waals surface area contributed by atoms with Gasteiger partial charge in [0.1, 0.15) is 11.9 Å². The summed E-state index contributed by atoms with van der Waals surface area (Å²) in [5, 5.41) is 13.4. The van der Waals surface area contributed by atoms with E-state index in [4.69, 9.17) is 27.9 Å². The average Bonchev–Trinajstić information content (AvgIpc) is 2.90. The Balaban J connectivity index is 1.80. The number of nitrogens with zero attached hydrogens (tertiary/aromatic N) is 1. The third-order valence-corrected chi connectivity index (χ3v) is 3.60. The van der Waals surface area contributed by atoms with E-state index in [9.17, 15) is 9.90 Å². The van der Waals surface area contributed by atoms with Crippen molar-refractivity contribution in [1.82, 2.24) is 9.88 Å². The van der Waals surface area contributed by atoms with Crippen molar-refractivity contribution in [3.63, 3.8) is 0 Å². The van der Waals surface area contributed by atoms with Crippen molar-refractivity contribution in [2.24, 2.45) is 7.05 Å². The van der Waals surface area contributed by atoms with Crippen molar-refractivity contribution >= 4 is 29.1 Å². The van der Waals surface area contributed by atoms with Crippen LogP contribution in [0.5, 0.6) is 5.75 Å². The number of aliphatic hydroxyl groups is 1. The maximum atomic E-state index is 11.7. The summed E-state index contributed by atoms with van der Waals surface area (Å²) < 4.78 is 7.10. The van der Waals surface area contributed by atoms with E-state index in [0.717, 1.165) is 5.69 Å². The highest BCUT2D eigenvalue weighted by Crippen LogP contribution is 2.27. The van der Waals surface area contributed by atoms with Crippen LogP contribution in [0.25, 0.3) is 0 Å². The van der Waals surface area contributed by atoms with E-state index in [2.05, 4.69) is 5.32 Å². The van der Waals surface area contributed by atoms with E-state index in [-0.39, 0.29) is 19.1 Å². The first-order valence-electron chi connectivity index (χ1n) is 6.61. The summed E-state index contributed by atoms with van der Waals surface area (Å²) in [6.07, 6.45) is 1.05. The Kier molecular flexibility index (Phi) is 5.71. The molecular formula is C15H16Cl2N2O3. The van der Waals surface area contributed by atoms with Gasteiger partial charge in [0.15, 0.2) is 6.61 Å². The van der Waals surface area contributed by atoms with Crippen LogP contribution in [-0.4, -0.2) is 28.7 Å². The highest BCUT2D eigenvalue weighted by atomic mass is 35.5. The van der Waals surface area contributed by atoms with E-state index >= 15 is 0 Å². The minimum atomic E-state index is -0.775. The van der Waals surface area contributed by atoms with E-state index in [1.165, 1.54) is 6.07 Å². The molecule has 5 nitrogen and oxygen atoms in total. The second kappa shape index (κ2) is 7.54. The fraction of sp³-hybridized carbons (Fsp3) is 0.267. The third-order valence-electron chi connectivity index (χ3n) is 3.07. The second-order valence-electron chi connectivity index (χ2n) is 4.73. The van der Waals surface area contributed by atoms with Crippen LogP contribution in [0.15, 0.2) is 36.5 Å². The molecule has 0 fully saturated rings. The number of aromatic nitrogens is 1. The molecule has 0 unspecified atom stereocenters. The number of hydrogen-bond acceptors (Lipinski definition) is 3. The second-order valence-corrected chi connectivity index (χ2v) is 5.57. The molecule has 1 atom stereocenters. The smallest absolute Gasteiger partial charge is 0.258 e. The number of hydrogen-bond donors (Lipinski definition) is 2. The topological polar surface area (TPSA) is 63.5 Å². The van der Waals surface area contributed by atoms with Crippen molar-refractivity contribution in [2.75, 3.05) is 13.2 Å². The van der Waals surface area contributed by atoms with Gasteiger partial charge in [-0.05, 0) is 30.3 Å². The maximum absolute atomic E-state index is 11.7. The summed E-state index contributed by atoms with van der Waals surface area (Å²) >= 11 is 11.7. The molecule has 118 valence electrons. The molecule has 1 aromatic carbocycles. The predicted octanol–water partition coefficient (Wildman–Crippen LogP) is 2.56. The lowest BCUT2D eigenvalue weighted by Gasteiger charge is -2.13. The summed E-state index contributed by atoms with van der Waals surface area (Å²) in [6.45, 7) is -0.0877. The molecule has 0 saturated carbocycles. The molecule has 0 radical (unpaired) electrons. The average molecular weight is 343 g/mol. The number of benzene rings is 1. The Morgan fingerprint density at radius 3 is 2.82 bits per heavy atom. The molecule has 1 heterocycles. The molecule has 2 N–H and O–H groups in total. The van der Waals surface area contributed by atoms with Crippen LogP contribution in [0.3, 0.4) is 0 Å². The molecular weight excluding hydrogens is 327 g/mol. The summed E-state index contributed by atoms with van der Waals surface area (Å²) in [6, 6.07) is 8.37. The Bertz CT molecular complexity index is 658. The largest absolute Gasteiger partial charge is 0.482 e. The molecule has 0 bridgehead atoms. The summed E-state index contributed by atoms with van der Waals surface area (Å²) in [5.74, 6) is 0.0310. The first-order valence-corrected chi connectivity index (χ1v) is 7.37. The molecule has 0 aliphatic heterocycles. The van der Waals surface area contributed by atoms with E-state index in [0.29, 0.717) is 15.8 Å². The molecule has 2 aromatic rings. The van der Waals surface area contributed by atoms with Crippen molar-refractivity contribution in [1.29, 1.82) is 0 Å². The minimum absolute atomic E-state index is 0.106. The first-order chi connectivity index (χ1) is 10.5. The van der Waals surface area contributed by atoms with E-state index in [1.54, 1.807) is 22.8 Å². The van der Waals surface area contributed by atoms with Crippen LogP contribution >= 0.6 is 23.2 Å². The number of carbonyl (C=O) groups excluding carboxylic acids is 1. The van der Waals surface area contributed by atoms with Gasteiger partial charge in [-0.15, -0.1) is 0 Å². The summed E-state index contributed by atoms with van der Waals surface area (Å²) in [4.78, 5) is 11.7. The lowest BCUT2D eigenvalue weighted by molar-refractivity contribution is -0.123. The van der Waals surface area contributed by atoms with Gasteiger partial charge in [0.25, 0.3) is 5.91 Å². The molecule has 1 amide bonds. The lowest BCUT2D eigenvalue weighted by Crippen LogP contribution is -2.32. The van der Waals surface area contributed by atoms with Crippen LogP contribution in [-0.2, 0) is 11.8 Å². The number of aryl methyl sites for hydroxylation is 1. The number of ether oxygens (including phenoxy) is 1. The first kappa shape index (κ1) is 16.7. The molecule has 7 heteroatoms. The van der Waals surface area contributed by atoms with Crippen LogP contribution in [0, 0.1) is 0 Å². The van der Waals surface area contributed by atoms with Crippen molar-refractivity contribution in [3.05, 3.63) is 52.3 Å². The quantitative estimate of drug-likeness (QED) is 0.847. The van der Waals surface area contributed by atoms with Gasteiger partial charge in [-0.2, -0.15) is 0 Å². The van der Waals surface area contributed by atoms with Gasteiger partial charge in [0.2, 0.25) is 0 Å². The predicted molar refractivity (Wildman–Crippen MR) is 85.3 cm³/mol. The van der Waals surface area contributed by atoms with E-state index in [1.807, 2.05) is 19.3 Å². The zero-order valence-corrected chi connectivity index (χ0v) is 13.4. The van der Waals surface area contributed by atoms with Gasteiger partial charge < -0.3 is 19.7 Å². The highest BCUT2D eigenvalue weighted by molar-refractivity contribution is 6.35. The number of rotatable bonds is 6. The minimum Gasteiger partial charge on any atom is -0.482 e. The van der Waals surface area contributed by atoms with Gasteiger partial charge in [0, 0.05) is 30.5 Å².